The SMILES string of the molecule is CCCC(=O)N1CCC(N2C(=O)CC[C@H]2C(=O)NCc2ccccc2)CC1. The smallest absolute Gasteiger partial charge is 0.243 e. The molecule has 1 aromatic rings. The molecule has 146 valence electrons. The van der Waals surface area contributed by atoms with Gasteiger partial charge in [0, 0.05) is 38.5 Å². The normalized spacial score (nSPS) is 20.8. The van der Waals surface area contributed by atoms with E-state index in [2.05, 4.69) is 5.32 Å². The summed E-state index contributed by atoms with van der Waals surface area (Å²) in [5.74, 6) is 0.184. The van der Waals surface area contributed by atoms with Gasteiger partial charge in [0.05, 0.1) is 0 Å². The van der Waals surface area contributed by atoms with Crippen LogP contribution in [0.1, 0.15) is 51.0 Å². The molecule has 6 heteroatoms. The van der Waals surface area contributed by atoms with Gasteiger partial charge in [0.2, 0.25) is 17.7 Å². The summed E-state index contributed by atoms with van der Waals surface area (Å²) in [5, 5.41) is 2.98. The Kier molecular flexibility index (Phi) is 6.48. The lowest BCUT2D eigenvalue weighted by molar-refractivity contribution is -0.140. The highest BCUT2D eigenvalue weighted by molar-refractivity contribution is 5.91. The maximum Gasteiger partial charge on any atom is 0.243 e. The molecule has 2 aliphatic heterocycles. The van der Waals surface area contributed by atoms with Crippen LogP contribution < -0.4 is 5.32 Å². The summed E-state index contributed by atoms with van der Waals surface area (Å²) in [6.07, 6.45) is 3.95. The van der Waals surface area contributed by atoms with Gasteiger partial charge in [-0.25, -0.2) is 0 Å². The monoisotopic (exact) mass is 371 g/mol. The van der Waals surface area contributed by atoms with Gasteiger partial charge in [-0.15, -0.1) is 0 Å². The second-order valence-electron chi connectivity index (χ2n) is 7.42. The van der Waals surface area contributed by atoms with Gasteiger partial charge in [-0.1, -0.05) is 37.3 Å². The van der Waals surface area contributed by atoms with Crippen molar-refractivity contribution in [2.45, 2.75) is 64.1 Å². The highest BCUT2D eigenvalue weighted by Crippen LogP contribution is 2.27. The van der Waals surface area contributed by atoms with Crippen molar-refractivity contribution in [3.05, 3.63) is 35.9 Å². The number of nitrogens with zero attached hydrogens (tertiary/aromatic N) is 2. The number of carbonyl (C=O) groups is 3. The van der Waals surface area contributed by atoms with Crippen LogP contribution in [-0.4, -0.2) is 52.7 Å². The predicted molar refractivity (Wildman–Crippen MR) is 103 cm³/mol. The molecular formula is C21H29N3O3. The second kappa shape index (κ2) is 9.02. The molecule has 0 aromatic heterocycles. The first-order valence-corrected chi connectivity index (χ1v) is 10.0. The van der Waals surface area contributed by atoms with Crippen LogP contribution in [0.4, 0.5) is 0 Å². The molecule has 3 amide bonds. The number of rotatable bonds is 6. The summed E-state index contributed by atoms with van der Waals surface area (Å²) in [7, 11) is 0. The van der Waals surface area contributed by atoms with E-state index < -0.39 is 0 Å². The molecule has 0 spiro atoms. The number of amides is 3. The Balaban J connectivity index is 1.56. The zero-order valence-corrected chi connectivity index (χ0v) is 16.0. The van der Waals surface area contributed by atoms with E-state index >= 15 is 0 Å². The van der Waals surface area contributed by atoms with Gasteiger partial charge < -0.3 is 15.1 Å². The van der Waals surface area contributed by atoms with Gasteiger partial charge in [0.15, 0.2) is 0 Å². The van der Waals surface area contributed by atoms with Crippen molar-refractivity contribution in [3.63, 3.8) is 0 Å². The third-order valence-electron chi connectivity index (χ3n) is 5.54. The van der Waals surface area contributed by atoms with Crippen LogP contribution in [0.5, 0.6) is 0 Å². The van der Waals surface area contributed by atoms with Crippen LogP contribution >= 0.6 is 0 Å². The third-order valence-corrected chi connectivity index (χ3v) is 5.54. The second-order valence-corrected chi connectivity index (χ2v) is 7.42. The van der Waals surface area contributed by atoms with Crippen LogP contribution in [0.25, 0.3) is 0 Å². The standard InChI is InChI=1S/C21H29N3O3/c1-2-6-19(25)23-13-11-17(12-14-23)24-18(9-10-20(24)26)21(27)22-15-16-7-4-3-5-8-16/h3-5,7-8,17-18H,2,6,9-15H2,1H3,(H,22,27)/t18-/m0/s1. The zero-order chi connectivity index (χ0) is 19.2. The molecule has 1 atom stereocenters. The maximum absolute atomic E-state index is 12.7. The van der Waals surface area contributed by atoms with Gasteiger partial charge in [0.25, 0.3) is 0 Å². The molecule has 2 aliphatic rings. The highest BCUT2D eigenvalue weighted by Gasteiger charge is 2.41. The molecule has 0 radical (unpaired) electrons. The van der Waals surface area contributed by atoms with Crippen molar-refractivity contribution in [2.24, 2.45) is 0 Å². The molecule has 27 heavy (non-hydrogen) atoms. The van der Waals surface area contributed by atoms with Crippen molar-refractivity contribution < 1.29 is 14.4 Å². The Morgan fingerprint density at radius 1 is 1.11 bits per heavy atom. The lowest BCUT2D eigenvalue weighted by Gasteiger charge is -2.39. The molecule has 0 unspecified atom stereocenters. The lowest BCUT2D eigenvalue weighted by atomic mass is 10.0. The van der Waals surface area contributed by atoms with Crippen LogP contribution in [0, 0.1) is 0 Å². The molecule has 0 bridgehead atoms. The Labute approximate surface area is 160 Å². The molecule has 0 saturated carbocycles. The summed E-state index contributed by atoms with van der Waals surface area (Å²) < 4.78 is 0. The maximum atomic E-state index is 12.7. The van der Waals surface area contributed by atoms with Crippen molar-refractivity contribution in [1.82, 2.24) is 15.1 Å². The minimum atomic E-state index is -0.385. The van der Waals surface area contributed by atoms with E-state index in [1.807, 2.05) is 42.2 Å². The quantitative estimate of drug-likeness (QED) is 0.832. The molecule has 1 aromatic carbocycles. The van der Waals surface area contributed by atoms with Crippen molar-refractivity contribution >= 4 is 17.7 Å². The van der Waals surface area contributed by atoms with Crippen LogP contribution in [0.15, 0.2) is 30.3 Å². The Morgan fingerprint density at radius 3 is 2.48 bits per heavy atom. The topological polar surface area (TPSA) is 69.7 Å². The number of likely N-dealkylation sites (tertiary alicyclic amines) is 2. The van der Waals surface area contributed by atoms with Crippen molar-refractivity contribution in [3.8, 4) is 0 Å². The zero-order valence-electron chi connectivity index (χ0n) is 16.0. The molecular weight excluding hydrogens is 342 g/mol. The first-order chi connectivity index (χ1) is 13.1. The minimum Gasteiger partial charge on any atom is -0.350 e. The fourth-order valence-electron chi connectivity index (χ4n) is 4.09. The average molecular weight is 371 g/mol. The van der Waals surface area contributed by atoms with E-state index in [-0.39, 0.29) is 29.8 Å². The summed E-state index contributed by atoms with van der Waals surface area (Å²) in [5.41, 5.74) is 1.05. The first-order valence-electron chi connectivity index (χ1n) is 10.0. The molecule has 2 heterocycles. The van der Waals surface area contributed by atoms with E-state index in [9.17, 15) is 14.4 Å². The van der Waals surface area contributed by atoms with Crippen molar-refractivity contribution in [1.29, 1.82) is 0 Å². The minimum absolute atomic E-state index is 0.0538. The fourth-order valence-corrected chi connectivity index (χ4v) is 4.09. The van der Waals surface area contributed by atoms with Crippen LogP contribution in [-0.2, 0) is 20.9 Å². The molecule has 2 saturated heterocycles. The van der Waals surface area contributed by atoms with E-state index in [4.69, 9.17) is 0 Å². The highest BCUT2D eigenvalue weighted by atomic mass is 16.2. The van der Waals surface area contributed by atoms with Gasteiger partial charge in [0.1, 0.15) is 6.04 Å². The van der Waals surface area contributed by atoms with Crippen molar-refractivity contribution in [2.75, 3.05) is 13.1 Å². The number of piperidine rings is 1. The summed E-state index contributed by atoms with van der Waals surface area (Å²) in [6, 6.07) is 9.45. The number of hydrogen-bond donors (Lipinski definition) is 1. The average Bonchev–Trinajstić information content (AvgIpc) is 3.09. The predicted octanol–water partition coefficient (Wildman–Crippen LogP) is 2.08. The lowest BCUT2D eigenvalue weighted by Crippen LogP contribution is -2.53. The Bertz CT molecular complexity index is 669. The number of benzene rings is 1. The molecule has 2 fully saturated rings. The Hall–Kier alpha value is -2.37. The van der Waals surface area contributed by atoms with Gasteiger partial charge in [-0.05, 0) is 31.2 Å². The Morgan fingerprint density at radius 2 is 1.81 bits per heavy atom. The van der Waals surface area contributed by atoms with Gasteiger partial charge in [-0.3, -0.25) is 14.4 Å². The third kappa shape index (κ3) is 4.67. The molecule has 1 N–H and O–H groups in total. The molecule has 6 nitrogen and oxygen atoms in total. The largest absolute Gasteiger partial charge is 0.350 e. The first kappa shape index (κ1) is 19.4. The van der Waals surface area contributed by atoms with E-state index in [1.54, 1.807) is 4.90 Å². The van der Waals surface area contributed by atoms with Crippen LogP contribution in [0.2, 0.25) is 0 Å². The van der Waals surface area contributed by atoms with Gasteiger partial charge in [-0.2, -0.15) is 0 Å². The summed E-state index contributed by atoms with van der Waals surface area (Å²) >= 11 is 0. The summed E-state index contributed by atoms with van der Waals surface area (Å²) in [4.78, 5) is 40.9. The van der Waals surface area contributed by atoms with E-state index in [0.717, 1.165) is 24.8 Å². The molecule has 3 rings (SSSR count). The van der Waals surface area contributed by atoms with E-state index in [0.29, 0.717) is 38.9 Å². The number of hydrogen-bond acceptors (Lipinski definition) is 3. The number of carbonyl (C=O) groups excluding carboxylic acids is 3. The van der Waals surface area contributed by atoms with Gasteiger partial charge >= 0.3 is 0 Å². The van der Waals surface area contributed by atoms with Crippen LogP contribution in [0.3, 0.4) is 0 Å². The van der Waals surface area contributed by atoms with E-state index in [1.165, 1.54) is 0 Å². The summed E-state index contributed by atoms with van der Waals surface area (Å²) in [6.45, 7) is 3.83. The number of nitrogens with one attached hydrogen (secondary N) is 1. The fraction of sp³-hybridized carbons (Fsp3) is 0.571. The molecule has 0 aliphatic carbocycles.